The van der Waals surface area contributed by atoms with Gasteiger partial charge in [-0.3, -0.25) is 4.79 Å². The van der Waals surface area contributed by atoms with Gasteiger partial charge in [0.2, 0.25) is 10.0 Å². The molecule has 1 heterocycles. The Morgan fingerprint density at radius 2 is 1.85 bits per heavy atom. The maximum absolute atomic E-state index is 12.6. The van der Waals surface area contributed by atoms with Crippen LogP contribution in [0.3, 0.4) is 0 Å². The lowest BCUT2D eigenvalue weighted by atomic mass is 10.1. The zero-order valence-electron chi connectivity index (χ0n) is 14.5. The maximum Gasteiger partial charge on any atom is 0.335 e. The Balaban J connectivity index is 1.81. The third-order valence-corrected chi connectivity index (χ3v) is 5.79. The Morgan fingerprint density at radius 3 is 2.48 bits per heavy atom. The summed E-state index contributed by atoms with van der Waals surface area (Å²) in [7, 11) is -2.25. The number of benzene rings is 2. The summed E-state index contributed by atoms with van der Waals surface area (Å²) in [6.45, 7) is 0.472. The van der Waals surface area contributed by atoms with Crippen LogP contribution in [0, 0.1) is 0 Å². The van der Waals surface area contributed by atoms with Gasteiger partial charge >= 0.3 is 5.97 Å². The molecule has 27 heavy (non-hydrogen) atoms. The number of carboxylic acids is 1. The van der Waals surface area contributed by atoms with Crippen molar-refractivity contribution in [1.29, 1.82) is 0 Å². The van der Waals surface area contributed by atoms with Gasteiger partial charge in [-0.1, -0.05) is 18.2 Å². The van der Waals surface area contributed by atoms with Gasteiger partial charge in [0.1, 0.15) is 0 Å². The summed E-state index contributed by atoms with van der Waals surface area (Å²) in [4.78, 5) is 25.1. The van der Waals surface area contributed by atoms with Crippen molar-refractivity contribution in [3.63, 3.8) is 0 Å². The molecule has 0 aromatic heterocycles. The number of amides is 1. The SMILES string of the molecule is CNS(=O)(=O)c1ccc2c(c1)N(C(=O)/C=C/c1ccc(C(=O)O)cc1)CC2. The summed E-state index contributed by atoms with van der Waals surface area (Å²) in [5.74, 6) is -1.28. The minimum Gasteiger partial charge on any atom is -0.478 e. The van der Waals surface area contributed by atoms with Crippen molar-refractivity contribution in [3.8, 4) is 0 Å². The summed E-state index contributed by atoms with van der Waals surface area (Å²) in [5.41, 5.74) is 2.37. The molecule has 2 aromatic carbocycles. The molecule has 140 valence electrons. The topological polar surface area (TPSA) is 104 Å². The Morgan fingerprint density at radius 1 is 1.15 bits per heavy atom. The number of carbonyl (C=O) groups excluding carboxylic acids is 1. The first-order chi connectivity index (χ1) is 12.8. The van der Waals surface area contributed by atoms with E-state index in [0.717, 1.165) is 5.56 Å². The molecule has 0 atom stereocenters. The molecular weight excluding hydrogens is 368 g/mol. The molecule has 1 aliphatic rings. The Bertz CT molecular complexity index is 1030. The van der Waals surface area contributed by atoms with Gasteiger partial charge in [0.25, 0.3) is 5.91 Å². The van der Waals surface area contributed by atoms with E-state index in [4.69, 9.17) is 5.11 Å². The highest BCUT2D eigenvalue weighted by Crippen LogP contribution is 2.30. The Kier molecular flexibility index (Phi) is 5.11. The van der Waals surface area contributed by atoms with Gasteiger partial charge in [-0.15, -0.1) is 0 Å². The molecule has 1 amide bonds. The van der Waals surface area contributed by atoms with Crippen LogP contribution in [0.4, 0.5) is 5.69 Å². The lowest BCUT2D eigenvalue weighted by Crippen LogP contribution is -2.27. The van der Waals surface area contributed by atoms with Gasteiger partial charge in [-0.05, 0) is 54.9 Å². The molecule has 1 aliphatic heterocycles. The van der Waals surface area contributed by atoms with Crippen LogP contribution in [0.5, 0.6) is 0 Å². The number of carbonyl (C=O) groups is 2. The highest BCUT2D eigenvalue weighted by atomic mass is 32.2. The van der Waals surface area contributed by atoms with Crippen LogP contribution < -0.4 is 9.62 Å². The summed E-state index contributed by atoms with van der Waals surface area (Å²) in [6.07, 6.45) is 3.65. The minimum absolute atomic E-state index is 0.108. The van der Waals surface area contributed by atoms with E-state index < -0.39 is 16.0 Å². The van der Waals surface area contributed by atoms with Gasteiger partial charge in [0.05, 0.1) is 10.5 Å². The molecule has 0 saturated carbocycles. The number of nitrogens with one attached hydrogen (secondary N) is 1. The molecule has 7 nitrogen and oxygen atoms in total. The van der Waals surface area contributed by atoms with Crippen LogP contribution in [-0.2, 0) is 21.2 Å². The van der Waals surface area contributed by atoms with Crippen molar-refractivity contribution in [2.75, 3.05) is 18.5 Å². The van der Waals surface area contributed by atoms with Gasteiger partial charge < -0.3 is 10.0 Å². The first-order valence-electron chi connectivity index (χ1n) is 8.21. The first-order valence-corrected chi connectivity index (χ1v) is 9.69. The zero-order valence-corrected chi connectivity index (χ0v) is 15.4. The van der Waals surface area contributed by atoms with Crippen molar-refractivity contribution < 1.29 is 23.1 Å². The first kappa shape index (κ1) is 18.8. The average molecular weight is 386 g/mol. The van der Waals surface area contributed by atoms with Crippen LogP contribution in [0.2, 0.25) is 0 Å². The smallest absolute Gasteiger partial charge is 0.335 e. The van der Waals surface area contributed by atoms with Crippen molar-refractivity contribution in [3.05, 3.63) is 65.2 Å². The molecule has 0 aliphatic carbocycles. The van der Waals surface area contributed by atoms with E-state index in [1.54, 1.807) is 24.3 Å². The minimum atomic E-state index is -3.59. The largest absolute Gasteiger partial charge is 0.478 e. The molecule has 3 rings (SSSR count). The Labute approximate surface area is 157 Å². The number of hydrogen-bond donors (Lipinski definition) is 2. The van der Waals surface area contributed by atoms with Crippen LogP contribution in [0.1, 0.15) is 21.5 Å². The predicted octanol–water partition coefficient (Wildman–Crippen LogP) is 1.90. The number of carboxylic acid groups (broad SMARTS) is 1. The predicted molar refractivity (Wildman–Crippen MR) is 101 cm³/mol. The van der Waals surface area contributed by atoms with Crippen molar-refractivity contribution in [1.82, 2.24) is 4.72 Å². The summed E-state index contributed by atoms with van der Waals surface area (Å²) in [6, 6.07) is 10.9. The van der Waals surface area contributed by atoms with Crippen LogP contribution in [0.15, 0.2) is 53.4 Å². The summed E-state index contributed by atoms with van der Waals surface area (Å²) in [5, 5.41) is 8.90. The molecule has 2 N–H and O–H groups in total. The van der Waals surface area contributed by atoms with E-state index in [0.29, 0.717) is 24.2 Å². The number of rotatable bonds is 5. The fourth-order valence-corrected chi connectivity index (χ4v) is 3.62. The van der Waals surface area contributed by atoms with E-state index in [-0.39, 0.29) is 16.4 Å². The Hall–Kier alpha value is -2.97. The average Bonchev–Trinajstić information content (AvgIpc) is 3.09. The van der Waals surface area contributed by atoms with Crippen molar-refractivity contribution in [2.45, 2.75) is 11.3 Å². The number of sulfonamides is 1. The second-order valence-electron chi connectivity index (χ2n) is 6.00. The maximum atomic E-state index is 12.6. The van der Waals surface area contributed by atoms with Gasteiger partial charge in [-0.25, -0.2) is 17.9 Å². The van der Waals surface area contributed by atoms with Gasteiger partial charge in [0, 0.05) is 18.3 Å². The van der Waals surface area contributed by atoms with Crippen LogP contribution in [0.25, 0.3) is 6.08 Å². The lowest BCUT2D eigenvalue weighted by Gasteiger charge is -2.16. The van der Waals surface area contributed by atoms with Crippen molar-refractivity contribution >= 4 is 33.7 Å². The normalized spacial score (nSPS) is 13.7. The molecule has 0 bridgehead atoms. The van der Waals surface area contributed by atoms with Crippen molar-refractivity contribution in [2.24, 2.45) is 0 Å². The van der Waals surface area contributed by atoms with Gasteiger partial charge in [-0.2, -0.15) is 0 Å². The van der Waals surface area contributed by atoms with E-state index >= 15 is 0 Å². The lowest BCUT2D eigenvalue weighted by molar-refractivity contribution is -0.114. The fourth-order valence-electron chi connectivity index (χ4n) is 2.87. The molecule has 2 aromatic rings. The second kappa shape index (κ2) is 7.34. The number of fused-ring (bicyclic) bond motifs is 1. The van der Waals surface area contributed by atoms with Crippen LogP contribution in [-0.4, -0.2) is 39.0 Å². The molecule has 0 radical (unpaired) electrons. The third-order valence-electron chi connectivity index (χ3n) is 4.37. The van der Waals surface area contributed by atoms with E-state index in [2.05, 4.69) is 4.72 Å². The highest BCUT2D eigenvalue weighted by Gasteiger charge is 2.25. The molecule has 8 heteroatoms. The monoisotopic (exact) mass is 386 g/mol. The fraction of sp³-hybridized carbons (Fsp3) is 0.158. The number of hydrogen-bond acceptors (Lipinski definition) is 4. The third kappa shape index (κ3) is 3.91. The zero-order chi connectivity index (χ0) is 19.6. The van der Waals surface area contributed by atoms with E-state index in [1.165, 1.54) is 42.3 Å². The van der Waals surface area contributed by atoms with E-state index in [1.807, 2.05) is 0 Å². The van der Waals surface area contributed by atoms with E-state index in [9.17, 15) is 18.0 Å². The molecule has 0 fully saturated rings. The number of anilines is 1. The molecule has 0 spiro atoms. The number of aromatic carboxylic acids is 1. The molecular formula is C19H18N2O5S. The second-order valence-corrected chi connectivity index (χ2v) is 7.88. The number of nitrogens with zero attached hydrogens (tertiary/aromatic N) is 1. The highest BCUT2D eigenvalue weighted by molar-refractivity contribution is 7.89. The quantitative estimate of drug-likeness (QED) is 0.764. The standard InChI is InChI=1S/C19H18N2O5S/c1-20-27(25,26)16-8-7-14-10-11-21(17(14)12-16)18(22)9-4-13-2-5-15(6-3-13)19(23)24/h2-9,12,20H,10-11H2,1H3,(H,23,24)/b9-4+. The van der Waals surface area contributed by atoms with Crippen LogP contribution >= 0.6 is 0 Å². The molecule has 0 saturated heterocycles. The molecule has 0 unspecified atom stereocenters. The summed E-state index contributed by atoms with van der Waals surface area (Å²) < 4.78 is 26.3. The van der Waals surface area contributed by atoms with Gasteiger partial charge in [0.15, 0.2) is 0 Å². The summed E-state index contributed by atoms with van der Waals surface area (Å²) >= 11 is 0.